The first-order chi connectivity index (χ1) is 10.6. The Morgan fingerprint density at radius 3 is 1.29 bits per heavy atom. The van der Waals surface area contributed by atoms with E-state index in [0.29, 0.717) is 5.88 Å². The third-order valence-corrected chi connectivity index (χ3v) is 15.0. The van der Waals surface area contributed by atoms with Crippen molar-refractivity contribution in [3.8, 4) is 0 Å². The number of rotatable bonds is 10. The Hall–Kier alpha value is 0.604. The normalized spacial score (nSPS) is 14.5. The zero-order valence-electron chi connectivity index (χ0n) is 17.9. The van der Waals surface area contributed by atoms with E-state index in [1.807, 2.05) is 0 Å². The Morgan fingerprint density at radius 2 is 1.04 bits per heavy atom. The molecule has 0 aliphatic heterocycles. The zero-order chi connectivity index (χ0) is 19.2. The van der Waals surface area contributed by atoms with Gasteiger partial charge >= 0.3 is 0 Å². The van der Waals surface area contributed by atoms with Gasteiger partial charge < -0.3 is 8.85 Å². The average Bonchev–Trinajstić information content (AvgIpc) is 2.35. The van der Waals surface area contributed by atoms with Crippen molar-refractivity contribution >= 4 is 28.2 Å². The number of hydrogen-bond acceptors (Lipinski definition) is 3. The van der Waals surface area contributed by atoms with Gasteiger partial charge in [-0.25, -0.2) is 0 Å². The summed E-state index contributed by atoms with van der Waals surface area (Å²) in [5.74, 6) is 0.653. The summed E-state index contributed by atoms with van der Waals surface area (Å²) in [6.45, 7) is 27.2. The molecule has 3 nitrogen and oxygen atoms in total. The highest BCUT2D eigenvalue weighted by Crippen LogP contribution is 2.37. The molecule has 0 unspecified atom stereocenters. The van der Waals surface area contributed by atoms with Crippen LogP contribution in [-0.2, 0) is 8.85 Å². The average molecular weight is 402 g/mol. The molecule has 0 heterocycles. The molecular formula is C18H42ClNO2Si2. The molecule has 0 saturated carbocycles. The number of halogens is 1. The van der Waals surface area contributed by atoms with Crippen LogP contribution in [0.15, 0.2) is 0 Å². The van der Waals surface area contributed by atoms with Gasteiger partial charge in [0.2, 0.25) is 0 Å². The van der Waals surface area contributed by atoms with Crippen LogP contribution in [0.2, 0.25) is 36.3 Å². The minimum absolute atomic E-state index is 0.260. The molecule has 0 aliphatic rings. The maximum absolute atomic E-state index is 6.29. The Morgan fingerprint density at radius 1 is 0.708 bits per heavy atom. The van der Waals surface area contributed by atoms with Crippen LogP contribution >= 0.6 is 11.6 Å². The monoisotopic (exact) mass is 401 g/mol. The number of nitrogens with zero attached hydrogens (tertiary/aromatic N) is 1. The highest BCUT2D eigenvalue weighted by atomic mass is 35.5. The molecule has 0 aromatic carbocycles. The number of alkyl halides is 1. The van der Waals surface area contributed by atoms with Crippen molar-refractivity contribution < 1.29 is 8.85 Å². The van der Waals surface area contributed by atoms with E-state index < -0.39 is 16.6 Å². The highest BCUT2D eigenvalue weighted by molar-refractivity contribution is 6.74. The van der Waals surface area contributed by atoms with Crippen molar-refractivity contribution in [3.05, 3.63) is 0 Å². The molecule has 0 aromatic rings. The minimum Gasteiger partial charge on any atom is -0.416 e. The van der Waals surface area contributed by atoms with E-state index in [1.165, 1.54) is 0 Å². The third kappa shape index (κ3) is 8.32. The fourth-order valence-electron chi connectivity index (χ4n) is 1.75. The molecule has 0 amide bonds. The van der Waals surface area contributed by atoms with E-state index >= 15 is 0 Å². The second-order valence-electron chi connectivity index (χ2n) is 9.75. The van der Waals surface area contributed by atoms with E-state index in [-0.39, 0.29) is 10.1 Å². The summed E-state index contributed by atoms with van der Waals surface area (Å²) in [6, 6.07) is 0. The third-order valence-electron chi connectivity index (χ3n) is 5.75. The second kappa shape index (κ2) is 9.51. The molecule has 0 fully saturated rings. The minimum atomic E-state index is -1.66. The van der Waals surface area contributed by atoms with Crippen molar-refractivity contribution in [2.45, 2.75) is 77.8 Å². The van der Waals surface area contributed by atoms with Crippen LogP contribution < -0.4 is 0 Å². The van der Waals surface area contributed by atoms with E-state index in [1.54, 1.807) is 0 Å². The van der Waals surface area contributed by atoms with Gasteiger partial charge in [0.25, 0.3) is 0 Å². The molecule has 0 rings (SSSR count). The van der Waals surface area contributed by atoms with Gasteiger partial charge in [0.15, 0.2) is 16.6 Å². The quantitative estimate of drug-likeness (QED) is 0.271. The lowest BCUT2D eigenvalue weighted by Gasteiger charge is -2.38. The first-order valence-corrected chi connectivity index (χ1v) is 15.6. The fourth-order valence-corrected chi connectivity index (χ4v) is 4.06. The summed E-state index contributed by atoms with van der Waals surface area (Å²) in [4.78, 5) is 2.37. The first kappa shape index (κ1) is 24.6. The van der Waals surface area contributed by atoms with Crippen LogP contribution in [0, 0.1) is 0 Å². The molecule has 0 aliphatic carbocycles. The van der Waals surface area contributed by atoms with Crippen LogP contribution in [0.4, 0.5) is 0 Å². The van der Waals surface area contributed by atoms with Crippen molar-refractivity contribution in [1.82, 2.24) is 4.90 Å². The van der Waals surface area contributed by atoms with Gasteiger partial charge in [-0.05, 0) is 36.3 Å². The van der Waals surface area contributed by atoms with Crippen LogP contribution in [0.3, 0.4) is 0 Å². The SMILES string of the molecule is CC(C)(C)[Si](C)(C)O[13CH2][13CH2]N([13CH2][13CH2]Cl)[13CH2][13CH2]O[Si](C)(C)C(C)(C)C. The molecule has 0 aromatic heterocycles. The lowest BCUT2D eigenvalue weighted by molar-refractivity contribution is 0.171. The fraction of sp³-hybridized carbons (Fsp3) is 1.00. The van der Waals surface area contributed by atoms with Gasteiger partial charge in [-0.3, -0.25) is 4.90 Å². The first-order valence-electron chi connectivity index (χ1n) is 9.20. The maximum atomic E-state index is 6.29. The van der Waals surface area contributed by atoms with Crippen molar-refractivity contribution in [2.24, 2.45) is 0 Å². The molecule has 146 valence electrons. The summed E-state index contributed by atoms with van der Waals surface area (Å²) in [5, 5.41) is 0.519. The summed E-state index contributed by atoms with van der Waals surface area (Å²) >= 11 is 5.97. The molecular weight excluding hydrogens is 360 g/mol. The van der Waals surface area contributed by atoms with Gasteiger partial charge in [0.1, 0.15) is 0 Å². The Bertz CT molecular complexity index is 331. The number of hydrogen-bond donors (Lipinski definition) is 0. The molecule has 0 spiro atoms. The summed E-state index contributed by atoms with van der Waals surface area (Å²) in [7, 11) is -3.33. The van der Waals surface area contributed by atoms with Gasteiger partial charge in [0, 0.05) is 38.7 Å². The van der Waals surface area contributed by atoms with Gasteiger partial charge in [-0.1, -0.05) is 41.5 Å². The highest BCUT2D eigenvalue weighted by Gasteiger charge is 2.38. The molecule has 0 N–H and O–H groups in total. The van der Waals surface area contributed by atoms with Crippen LogP contribution in [0.5, 0.6) is 0 Å². The molecule has 0 atom stereocenters. The van der Waals surface area contributed by atoms with Gasteiger partial charge in [-0.15, -0.1) is 11.6 Å². The van der Waals surface area contributed by atoms with Crippen LogP contribution in [0.1, 0.15) is 41.5 Å². The molecule has 0 bridgehead atoms. The zero-order valence-corrected chi connectivity index (χ0v) is 20.6. The lowest BCUT2D eigenvalue weighted by atomic mass is 10.2. The topological polar surface area (TPSA) is 21.7 Å². The van der Waals surface area contributed by atoms with Crippen molar-refractivity contribution in [3.63, 3.8) is 0 Å². The van der Waals surface area contributed by atoms with Crippen LogP contribution in [-0.4, -0.2) is 60.3 Å². The summed E-state index contributed by atoms with van der Waals surface area (Å²) in [5.41, 5.74) is 0. The predicted octanol–water partition coefficient (Wildman–Crippen LogP) is 5.57. The second-order valence-corrected chi connectivity index (χ2v) is 19.7. The summed E-state index contributed by atoms with van der Waals surface area (Å²) in [6.07, 6.45) is 0. The predicted molar refractivity (Wildman–Crippen MR) is 113 cm³/mol. The van der Waals surface area contributed by atoms with Crippen molar-refractivity contribution in [2.75, 3.05) is 38.7 Å². The Kier molecular flexibility index (Phi) is 9.75. The Balaban J connectivity index is 4.38. The van der Waals surface area contributed by atoms with E-state index in [2.05, 4.69) is 72.6 Å². The smallest absolute Gasteiger partial charge is 0.192 e. The van der Waals surface area contributed by atoms with Gasteiger partial charge in [0.05, 0.1) is 0 Å². The lowest BCUT2D eigenvalue weighted by Crippen LogP contribution is -2.45. The van der Waals surface area contributed by atoms with Gasteiger partial charge in [-0.2, -0.15) is 0 Å². The van der Waals surface area contributed by atoms with Crippen molar-refractivity contribution in [1.29, 1.82) is 0 Å². The molecule has 0 saturated heterocycles. The summed E-state index contributed by atoms with van der Waals surface area (Å²) < 4.78 is 12.6. The van der Waals surface area contributed by atoms with E-state index in [4.69, 9.17) is 20.5 Å². The standard InChI is InChI=1S/C18H42ClNO2Si2/c1-17(2,3)23(7,8)21-15-13-20(12-11-19)14-16-22-24(9,10)18(4,5)6/h11-16H2,1-10H3/i11+1,12+1,13+1,14+1,15+1,16+1. The molecule has 0 radical (unpaired) electrons. The molecule has 6 heteroatoms. The largest absolute Gasteiger partial charge is 0.416 e. The van der Waals surface area contributed by atoms with E-state index in [9.17, 15) is 0 Å². The molecule has 24 heavy (non-hydrogen) atoms. The maximum Gasteiger partial charge on any atom is 0.192 e. The Labute approximate surface area is 158 Å². The van der Waals surface area contributed by atoms with E-state index in [0.717, 1.165) is 32.8 Å². The van der Waals surface area contributed by atoms with Crippen LogP contribution in [0.25, 0.3) is 0 Å².